The van der Waals surface area contributed by atoms with Crippen molar-refractivity contribution in [2.45, 2.75) is 20.3 Å². The van der Waals surface area contributed by atoms with Crippen LogP contribution in [0.1, 0.15) is 27.9 Å². The summed E-state index contributed by atoms with van der Waals surface area (Å²) in [4.78, 5) is 48.8. The molecule has 0 aliphatic carbocycles. The molecule has 8 heteroatoms. The first-order chi connectivity index (χ1) is 14.3. The molecular weight excluding hydrogens is 386 g/mol. The van der Waals surface area contributed by atoms with E-state index in [1.807, 2.05) is 25.1 Å². The molecule has 1 atom stereocenters. The predicted molar refractivity (Wildman–Crippen MR) is 109 cm³/mol. The molecule has 1 fully saturated rings. The number of aryl methyl sites for hydroxylation is 2. The van der Waals surface area contributed by atoms with Crippen LogP contribution in [0.3, 0.4) is 0 Å². The highest BCUT2D eigenvalue weighted by Crippen LogP contribution is 2.18. The largest absolute Gasteiger partial charge is 0.455 e. The fraction of sp³-hybridized carbons (Fsp3) is 0.273. The van der Waals surface area contributed by atoms with Crippen LogP contribution in [0.15, 0.2) is 48.5 Å². The number of hydrogen-bond acceptors (Lipinski definition) is 5. The number of anilines is 1. The highest BCUT2D eigenvalue weighted by atomic mass is 16.5. The Morgan fingerprint density at radius 3 is 2.47 bits per heavy atom. The van der Waals surface area contributed by atoms with Crippen molar-refractivity contribution >= 4 is 29.4 Å². The first kappa shape index (κ1) is 21.0. The molecule has 30 heavy (non-hydrogen) atoms. The highest BCUT2D eigenvalue weighted by Gasteiger charge is 2.36. The Morgan fingerprint density at radius 1 is 1.07 bits per heavy atom. The van der Waals surface area contributed by atoms with E-state index in [2.05, 4.69) is 10.7 Å². The molecule has 2 aromatic rings. The monoisotopic (exact) mass is 409 g/mol. The maximum absolute atomic E-state index is 12.4. The molecule has 0 spiro atoms. The zero-order chi connectivity index (χ0) is 21.7. The number of esters is 1. The van der Waals surface area contributed by atoms with E-state index in [0.717, 1.165) is 16.1 Å². The van der Waals surface area contributed by atoms with Crippen LogP contribution in [0.25, 0.3) is 0 Å². The van der Waals surface area contributed by atoms with Crippen LogP contribution in [-0.4, -0.2) is 41.9 Å². The number of nitrogens with zero attached hydrogens (tertiary/aromatic N) is 1. The number of nitrogens with one attached hydrogen (secondary N) is 2. The third-order valence-corrected chi connectivity index (χ3v) is 4.77. The molecule has 0 radical (unpaired) electrons. The van der Waals surface area contributed by atoms with Gasteiger partial charge in [-0.15, -0.1) is 0 Å². The third-order valence-electron chi connectivity index (χ3n) is 4.77. The minimum atomic E-state index is -0.748. The van der Waals surface area contributed by atoms with E-state index in [0.29, 0.717) is 11.3 Å². The summed E-state index contributed by atoms with van der Waals surface area (Å²) >= 11 is 0. The van der Waals surface area contributed by atoms with Crippen LogP contribution in [-0.2, 0) is 19.1 Å². The number of hydrazine groups is 1. The smallest absolute Gasteiger partial charge is 0.311 e. The molecule has 0 saturated carbocycles. The van der Waals surface area contributed by atoms with Crippen LogP contribution >= 0.6 is 0 Å². The minimum absolute atomic E-state index is 0.00509. The number of rotatable bonds is 6. The van der Waals surface area contributed by atoms with E-state index in [-0.39, 0.29) is 18.9 Å². The number of benzene rings is 2. The summed E-state index contributed by atoms with van der Waals surface area (Å²) in [6.07, 6.45) is -0.0908. The summed E-state index contributed by atoms with van der Waals surface area (Å²) in [6.45, 7) is 3.27. The van der Waals surface area contributed by atoms with E-state index >= 15 is 0 Å². The summed E-state index contributed by atoms with van der Waals surface area (Å²) in [5.74, 6) is -2.69. The molecule has 2 aromatic carbocycles. The second-order valence-corrected chi connectivity index (χ2v) is 7.18. The predicted octanol–water partition coefficient (Wildman–Crippen LogP) is 1.98. The number of carbonyl (C=O) groups is 4. The van der Waals surface area contributed by atoms with E-state index in [1.54, 1.807) is 37.3 Å². The lowest BCUT2D eigenvalue weighted by molar-refractivity contribution is -0.151. The van der Waals surface area contributed by atoms with Crippen LogP contribution in [0.4, 0.5) is 5.69 Å². The Kier molecular flexibility index (Phi) is 6.46. The average Bonchev–Trinajstić information content (AvgIpc) is 3.08. The molecule has 2 N–H and O–H groups in total. The number of amides is 3. The number of ether oxygens (including phenoxy) is 1. The molecule has 1 aliphatic rings. The van der Waals surface area contributed by atoms with E-state index in [4.69, 9.17) is 4.74 Å². The summed E-state index contributed by atoms with van der Waals surface area (Å²) in [7, 11) is 0. The van der Waals surface area contributed by atoms with E-state index in [9.17, 15) is 19.2 Å². The Morgan fingerprint density at radius 2 is 1.77 bits per heavy atom. The van der Waals surface area contributed by atoms with Crippen LogP contribution in [0.5, 0.6) is 0 Å². The molecule has 3 rings (SSSR count). The lowest BCUT2D eigenvalue weighted by Crippen LogP contribution is -2.43. The first-order valence-electron chi connectivity index (χ1n) is 9.53. The van der Waals surface area contributed by atoms with Crippen LogP contribution in [0, 0.1) is 19.8 Å². The molecule has 1 heterocycles. The van der Waals surface area contributed by atoms with Gasteiger partial charge in [0.1, 0.15) is 0 Å². The molecule has 0 aromatic heterocycles. The van der Waals surface area contributed by atoms with E-state index < -0.39 is 30.3 Å². The number of hydrogen-bond donors (Lipinski definition) is 2. The molecule has 0 bridgehead atoms. The second kappa shape index (κ2) is 9.21. The summed E-state index contributed by atoms with van der Waals surface area (Å²) in [5.41, 5.74) is 5.41. The van der Waals surface area contributed by atoms with Crippen LogP contribution < -0.4 is 10.7 Å². The minimum Gasteiger partial charge on any atom is -0.455 e. The Balaban J connectivity index is 1.48. The van der Waals surface area contributed by atoms with Gasteiger partial charge in [-0.05, 0) is 37.6 Å². The number of carbonyl (C=O) groups excluding carboxylic acids is 4. The zero-order valence-corrected chi connectivity index (χ0v) is 16.8. The quantitative estimate of drug-likeness (QED) is 0.710. The molecule has 1 aliphatic heterocycles. The Labute approximate surface area is 174 Å². The van der Waals surface area contributed by atoms with Gasteiger partial charge in [0.05, 0.1) is 12.5 Å². The van der Waals surface area contributed by atoms with Crippen molar-refractivity contribution in [2.24, 2.45) is 5.92 Å². The van der Waals surface area contributed by atoms with Gasteiger partial charge in [-0.3, -0.25) is 29.6 Å². The van der Waals surface area contributed by atoms with Crippen molar-refractivity contribution in [3.8, 4) is 0 Å². The molecule has 8 nitrogen and oxygen atoms in total. The molecule has 156 valence electrons. The van der Waals surface area contributed by atoms with Gasteiger partial charge in [-0.2, -0.15) is 0 Å². The van der Waals surface area contributed by atoms with Crippen molar-refractivity contribution in [1.29, 1.82) is 0 Å². The van der Waals surface area contributed by atoms with Crippen molar-refractivity contribution in [3.63, 3.8) is 0 Å². The van der Waals surface area contributed by atoms with Gasteiger partial charge in [0.2, 0.25) is 5.91 Å². The van der Waals surface area contributed by atoms with Crippen molar-refractivity contribution < 1.29 is 23.9 Å². The Hall–Kier alpha value is -3.68. The maximum Gasteiger partial charge on any atom is 0.311 e. The summed E-state index contributed by atoms with van der Waals surface area (Å²) in [6, 6.07) is 14.2. The molecule has 1 saturated heterocycles. The van der Waals surface area contributed by atoms with Crippen molar-refractivity contribution in [1.82, 2.24) is 10.4 Å². The second-order valence-electron chi connectivity index (χ2n) is 7.18. The van der Waals surface area contributed by atoms with Gasteiger partial charge in [-0.25, -0.2) is 0 Å². The zero-order valence-electron chi connectivity index (χ0n) is 16.8. The van der Waals surface area contributed by atoms with Crippen molar-refractivity contribution in [2.75, 3.05) is 18.5 Å². The summed E-state index contributed by atoms with van der Waals surface area (Å²) < 4.78 is 5.05. The topological polar surface area (TPSA) is 105 Å². The normalized spacial score (nSPS) is 15.6. The highest BCUT2D eigenvalue weighted by molar-refractivity contribution is 5.98. The lowest BCUT2D eigenvalue weighted by atomic mass is 10.1. The molecule has 3 amide bonds. The van der Waals surface area contributed by atoms with Gasteiger partial charge in [0, 0.05) is 17.7 Å². The standard InChI is InChI=1S/C22H23N3O5/c1-14-7-9-17(10-8-14)23-19(26)13-30-22(29)16-11-20(27)25(12-16)24-21(28)18-6-4-3-5-15(18)2/h3-10,16H,11-13H2,1-2H3,(H,23,26)(H,24,28)/t16-/m1/s1. The molecular formula is C22H23N3O5. The van der Waals surface area contributed by atoms with Crippen LogP contribution in [0.2, 0.25) is 0 Å². The van der Waals surface area contributed by atoms with Crippen molar-refractivity contribution in [3.05, 3.63) is 65.2 Å². The van der Waals surface area contributed by atoms with Gasteiger partial charge < -0.3 is 10.1 Å². The lowest BCUT2D eigenvalue weighted by Gasteiger charge is -2.18. The fourth-order valence-electron chi connectivity index (χ4n) is 3.07. The fourth-order valence-corrected chi connectivity index (χ4v) is 3.07. The third kappa shape index (κ3) is 5.22. The van der Waals surface area contributed by atoms with Gasteiger partial charge >= 0.3 is 5.97 Å². The summed E-state index contributed by atoms with van der Waals surface area (Å²) in [5, 5.41) is 3.75. The average molecular weight is 409 g/mol. The van der Waals surface area contributed by atoms with Gasteiger partial charge in [0.25, 0.3) is 11.8 Å². The van der Waals surface area contributed by atoms with Gasteiger partial charge in [0.15, 0.2) is 6.61 Å². The van der Waals surface area contributed by atoms with E-state index in [1.165, 1.54) is 0 Å². The maximum atomic E-state index is 12.4. The first-order valence-corrected chi connectivity index (χ1v) is 9.53. The SMILES string of the molecule is Cc1ccc(NC(=O)COC(=O)[C@@H]2CC(=O)N(NC(=O)c3ccccc3C)C2)cc1. The Bertz CT molecular complexity index is 971. The molecule has 0 unspecified atom stereocenters. The van der Waals surface area contributed by atoms with Gasteiger partial charge in [-0.1, -0.05) is 35.9 Å².